The van der Waals surface area contributed by atoms with Crippen molar-refractivity contribution in [3.8, 4) is 23.1 Å². The number of aryl methyl sites for hydroxylation is 2. The van der Waals surface area contributed by atoms with E-state index in [9.17, 15) is 4.79 Å². The summed E-state index contributed by atoms with van der Waals surface area (Å²) in [5.41, 5.74) is 4.54. The number of nitrogens with one attached hydrogen (secondary N) is 1. The smallest absolute Gasteiger partial charge is 0.226 e. The van der Waals surface area contributed by atoms with Crippen molar-refractivity contribution in [1.29, 1.82) is 0 Å². The van der Waals surface area contributed by atoms with Crippen molar-refractivity contribution < 1.29 is 14.3 Å². The van der Waals surface area contributed by atoms with E-state index in [-0.39, 0.29) is 5.91 Å². The summed E-state index contributed by atoms with van der Waals surface area (Å²) >= 11 is 0. The third-order valence-corrected chi connectivity index (χ3v) is 5.43. The van der Waals surface area contributed by atoms with Crippen LogP contribution in [0.15, 0.2) is 72.9 Å². The van der Waals surface area contributed by atoms with Crippen LogP contribution in [0.3, 0.4) is 0 Å². The second-order valence-corrected chi connectivity index (χ2v) is 8.00. The lowest BCUT2D eigenvalue weighted by Crippen LogP contribution is -2.23. The molecule has 0 aliphatic heterocycles. The van der Waals surface area contributed by atoms with Crippen LogP contribution in [0, 0.1) is 13.8 Å². The average molecular weight is 457 g/mol. The van der Waals surface area contributed by atoms with Crippen molar-refractivity contribution in [3.05, 3.63) is 95.4 Å². The van der Waals surface area contributed by atoms with E-state index in [0.29, 0.717) is 36.8 Å². The van der Waals surface area contributed by atoms with Gasteiger partial charge in [0.25, 0.3) is 0 Å². The highest BCUT2D eigenvalue weighted by molar-refractivity contribution is 5.76. The molecule has 1 amide bonds. The van der Waals surface area contributed by atoms with Crippen molar-refractivity contribution in [2.75, 3.05) is 7.11 Å². The fraction of sp³-hybridized carbons (Fsp3) is 0.222. The molecule has 2 heterocycles. The maximum absolute atomic E-state index is 12.6. The number of nitrogens with zero attached hydrogens (tertiary/aromatic N) is 3. The average Bonchev–Trinajstić information content (AvgIpc) is 3.17. The number of ether oxygens (including phenoxy) is 2. The minimum atomic E-state index is -0.0549. The minimum Gasteiger partial charge on any atom is -0.497 e. The molecular formula is C27H28N4O3. The highest BCUT2D eigenvalue weighted by Crippen LogP contribution is 2.33. The number of rotatable bonds is 9. The first-order valence-corrected chi connectivity index (χ1v) is 11.2. The number of pyridine rings is 1. The van der Waals surface area contributed by atoms with Crippen molar-refractivity contribution in [2.45, 2.75) is 33.2 Å². The summed E-state index contributed by atoms with van der Waals surface area (Å²) in [6.07, 6.45) is 2.51. The number of hydrogen-bond acceptors (Lipinski definition) is 5. The Morgan fingerprint density at radius 2 is 1.82 bits per heavy atom. The maximum Gasteiger partial charge on any atom is 0.226 e. The van der Waals surface area contributed by atoms with Gasteiger partial charge in [0.15, 0.2) is 0 Å². The SMILES string of the molecule is COc1cccc(Oc2c(CCC(=O)NCc3ccccn3)c(C)nn2-c2cccc(C)c2)c1. The van der Waals surface area contributed by atoms with Crippen molar-refractivity contribution in [1.82, 2.24) is 20.1 Å². The molecule has 0 saturated carbocycles. The van der Waals surface area contributed by atoms with Crippen molar-refractivity contribution in [2.24, 2.45) is 0 Å². The van der Waals surface area contributed by atoms with Crippen LogP contribution >= 0.6 is 0 Å². The van der Waals surface area contributed by atoms with E-state index < -0.39 is 0 Å². The Morgan fingerprint density at radius 1 is 1.00 bits per heavy atom. The molecule has 0 bridgehead atoms. The number of amides is 1. The van der Waals surface area contributed by atoms with E-state index in [0.717, 1.165) is 28.2 Å². The van der Waals surface area contributed by atoms with Gasteiger partial charge in [0.05, 0.1) is 30.7 Å². The molecule has 4 rings (SSSR count). The van der Waals surface area contributed by atoms with Gasteiger partial charge in [-0.15, -0.1) is 0 Å². The van der Waals surface area contributed by atoms with Crippen LogP contribution in [0.2, 0.25) is 0 Å². The molecule has 7 nitrogen and oxygen atoms in total. The summed E-state index contributed by atoms with van der Waals surface area (Å²) in [5, 5.41) is 7.68. The molecule has 1 N–H and O–H groups in total. The molecule has 2 aromatic carbocycles. The number of methoxy groups -OCH3 is 1. The highest BCUT2D eigenvalue weighted by Gasteiger charge is 2.20. The highest BCUT2D eigenvalue weighted by atomic mass is 16.5. The third-order valence-electron chi connectivity index (χ3n) is 5.43. The molecule has 4 aromatic rings. The van der Waals surface area contributed by atoms with Crippen molar-refractivity contribution >= 4 is 5.91 Å². The molecular weight excluding hydrogens is 428 g/mol. The molecule has 2 aromatic heterocycles. The van der Waals surface area contributed by atoms with Gasteiger partial charge in [-0.3, -0.25) is 9.78 Å². The fourth-order valence-corrected chi connectivity index (χ4v) is 3.66. The van der Waals surface area contributed by atoms with Gasteiger partial charge in [0.1, 0.15) is 11.5 Å². The monoisotopic (exact) mass is 456 g/mol. The van der Waals surface area contributed by atoms with Gasteiger partial charge in [0.2, 0.25) is 11.8 Å². The van der Waals surface area contributed by atoms with E-state index in [2.05, 4.69) is 10.3 Å². The zero-order valence-electron chi connectivity index (χ0n) is 19.6. The van der Waals surface area contributed by atoms with Crippen LogP contribution in [0.4, 0.5) is 0 Å². The number of carbonyl (C=O) groups is 1. The Morgan fingerprint density at radius 3 is 2.59 bits per heavy atom. The Hall–Kier alpha value is -4.13. The molecule has 34 heavy (non-hydrogen) atoms. The van der Waals surface area contributed by atoms with Crippen LogP contribution in [0.25, 0.3) is 5.69 Å². The van der Waals surface area contributed by atoms with Crippen LogP contribution < -0.4 is 14.8 Å². The third kappa shape index (κ3) is 5.61. The second kappa shape index (κ2) is 10.7. The van der Waals surface area contributed by atoms with E-state index in [1.165, 1.54) is 0 Å². The summed E-state index contributed by atoms with van der Waals surface area (Å²) in [6.45, 7) is 4.37. The summed E-state index contributed by atoms with van der Waals surface area (Å²) in [5.74, 6) is 1.87. The van der Waals surface area contributed by atoms with Crippen LogP contribution in [-0.4, -0.2) is 27.8 Å². The Bertz CT molecular complexity index is 1270. The van der Waals surface area contributed by atoms with E-state index in [4.69, 9.17) is 14.6 Å². The lowest BCUT2D eigenvalue weighted by atomic mass is 10.1. The Kier molecular flexibility index (Phi) is 7.22. The predicted octanol–water partition coefficient (Wildman–Crippen LogP) is 4.93. The number of carbonyl (C=O) groups excluding carboxylic acids is 1. The van der Waals surface area contributed by atoms with Gasteiger partial charge in [-0.25, -0.2) is 4.68 Å². The molecule has 0 radical (unpaired) electrons. The first-order valence-electron chi connectivity index (χ1n) is 11.2. The molecule has 174 valence electrons. The quantitative estimate of drug-likeness (QED) is 0.386. The van der Waals surface area contributed by atoms with Gasteiger partial charge in [-0.2, -0.15) is 5.10 Å². The van der Waals surface area contributed by atoms with Gasteiger partial charge in [-0.05, 0) is 62.2 Å². The molecule has 0 atom stereocenters. The maximum atomic E-state index is 12.6. The zero-order chi connectivity index (χ0) is 23.9. The first kappa shape index (κ1) is 23.0. The van der Waals surface area contributed by atoms with Gasteiger partial charge in [0, 0.05) is 24.2 Å². The molecule has 0 aliphatic carbocycles. The second-order valence-electron chi connectivity index (χ2n) is 8.00. The lowest BCUT2D eigenvalue weighted by molar-refractivity contribution is -0.121. The first-order chi connectivity index (χ1) is 16.5. The standard InChI is InChI=1S/C27H28N4O3/c1-19-8-6-10-22(16-19)31-27(34-24-12-7-11-23(17-24)33-3)25(20(2)30-31)13-14-26(32)29-18-21-9-4-5-15-28-21/h4-12,15-17H,13-14,18H2,1-3H3,(H,29,32). The molecule has 0 spiro atoms. The van der Waals surface area contributed by atoms with Gasteiger partial charge >= 0.3 is 0 Å². The zero-order valence-corrected chi connectivity index (χ0v) is 19.6. The van der Waals surface area contributed by atoms with E-state index in [1.54, 1.807) is 18.0 Å². The molecule has 7 heteroatoms. The van der Waals surface area contributed by atoms with Crippen LogP contribution in [0.5, 0.6) is 17.4 Å². The lowest BCUT2D eigenvalue weighted by Gasteiger charge is -2.13. The minimum absolute atomic E-state index is 0.0549. The molecule has 0 fully saturated rings. The Labute approximate surface area is 199 Å². The fourth-order valence-electron chi connectivity index (χ4n) is 3.66. The number of benzene rings is 2. The largest absolute Gasteiger partial charge is 0.497 e. The molecule has 0 unspecified atom stereocenters. The molecule has 0 aliphatic rings. The van der Waals surface area contributed by atoms with Crippen LogP contribution in [0.1, 0.15) is 28.9 Å². The van der Waals surface area contributed by atoms with Crippen molar-refractivity contribution in [3.63, 3.8) is 0 Å². The summed E-state index contributed by atoms with van der Waals surface area (Å²) in [4.78, 5) is 16.8. The summed E-state index contributed by atoms with van der Waals surface area (Å²) < 4.78 is 13.5. The number of hydrogen-bond donors (Lipinski definition) is 1. The van der Waals surface area contributed by atoms with Gasteiger partial charge < -0.3 is 14.8 Å². The van der Waals surface area contributed by atoms with E-state index >= 15 is 0 Å². The summed E-state index contributed by atoms with van der Waals surface area (Å²) in [7, 11) is 1.62. The molecule has 0 saturated heterocycles. The van der Waals surface area contributed by atoms with Gasteiger partial charge in [-0.1, -0.05) is 24.3 Å². The summed E-state index contributed by atoms with van der Waals surface area (Å²) in [6, 6.07) is 21.1. The van der Waals surface area contributed by atoms with Crippen LogP contribution in [-0.2, 0) is 17.8 Å². The number of aromatic nitrogens is 3. The normalized spacial score (nSPS) is 10.7. The van der Waals surface area contributed by atoms with E-state index in [1.807, 2.05) is 80.6 Å². The topological polar surface area (TPSA) is 78.3 Å². The predicted molar refractivity (Wildman–Crippen MR) is 131 cm³/mol. The Balaban J connectivity index is 1.58.